The van der Waals surface area contributed by atoms with Gasteiger partial charge in [-0.05, 0) is 37.3 Å². The number of sulfonamides is 1. The molecule has 0 aliphatic rings. The lowest BCUT2D eigenvalue weighted by Crippen LogP contribution is -2.11. The van der Waals surface area contributed by atoms with Gasteiger partial charge in [0.15, 0.2) is 5.76 Å². The van der Waals surface area contributed by atoms with Crippen LogP contribution in [-0.4, -0.2) is 20.7 Å². The van der Waals surface area contributed by atoms with Gasteiger partial charge in [-0.25, -0.2) is 8.42 Å². The molecule has 2 aromatic heterocycles. The van der Waals surface area contributed by atoms with E-state index in [0.717, 1.165) is 17.0 Å². The van der Waals surface area contributed by atoms with Crippen molar-refractivity contribution in [3.8, 4) is 17.1 Å². The zero-order valence-electron chi connectivity index (χ0n) is 12.4. The van der Waals surface area contributed by atoms with Crippen LogP contribution >= 0.6 is 11.3 Å². The standard InChI is InChI=1S/C15H14N2O4S2/c1-10-7-14(21-16-10)11-8-15(22-9-11)23(18,19)17-12-3-5-13(20-2)6-4-12/h3-9,17H,1-2H3. The topological polar surface area (TPSA) is 81.4 Å². The number of nitrogens with one attached hydrogen (secondary N) is 1. The Morgan fingerprint density at radius 1 is 1.22 bits per heavy atom. The van der Waals surface area contributed by atoms with Gasteiger partial charge in [0.2, 0.25) is 0 Å². The third kappa shape index (κ3) is 3.38. The van der Waals surface area contributed by atoms with Crippen LogP contribution in [0, 0.1) is 6.92 Å². The number of thiophene rings is 1. The number of hydrogen-bond donors (Lipinski definition) is 1. The molecule has 0 fully saturated rings. The molecule has 0 radical (unpaired) electrons. The summed E-state index contributed by atoms with van der Waals surface area (Å²) in [6.07, 6.45) is 0. The van der Waals surface area contributed by atoms with E-state index in [1.165, 1.54) is 0 Å². The molecule has 0 aliphatic carbocycles. The summed E-state index contributed by atoms with van der Waals surface area (Å²) in [7, 11) is -2.09. The largest absolute Gasteiger partial charge is 0.497 e. The zero-order valence-corrected chi connectivity index (χ0v) is 14.1. The van der Waals surface area contributed by atoms with E-state index >= 15 is 0 Å². The predicted molar refractivity (Wildman–Crippen MR) is 88.4 cm³/mol. The van der Waals surface area contributed by atoms with E-state index in [1.807, 2.05) is 6.92 Å². The molecule has 0 saturated heterocycles. The highest BCUT2D eigenvalue weighted by Crippen LogP contribution is 2.30. The molecule has 0 bridgehead atoms. The number of ether oxygens (including phenoxy) is 1. The monoisotopic (exact) mass is 350 g/mol. The molecule has 120 valence electrons. The van der Waals surface area contributed by atoms with Gasteiger partial charge in [0.1, 0.15) is 9.96 Å². The summed E-state index contributed by atoms with van der Waals surface area (Å²) in [6.45, 7) is 1.81. The first-order valence-electron chi connectivity index (χ1n) is 6.67. The molecular formula is C15H14N2O4S2. The summed E-state index contributed by atoms with van der Waals surface area (Å²) in [5.74, 6) is 1.21. The van der Waals surface area contributed by atoms with Gasteiger partial charge in [-0.15, -0.1) is 11.3 Å². The summed E-state index contributed by atoms with van der Waals surface area (Å²) < 4.78 is 37.8. The minimum absolute atomic E-state index is 0.206. The molecule has 0 saturated carbocycles. The van der Waals surface area contributed by atoms with Crippen molar-refractivity contribution >= 4 is 27.0 Å². The molecule has 0 amide bonds. The molecule has 1 N–H and O–H groups in total. The van der Waals surface area contributed by atoms with Gasteiger partial charge in [0.05, 0.1) is 12.8 Å². The number of aromatic nitrogens is 1. The maximum absolute atomic E-state index is 12.4. The lowest BCUT2D eigenvalue weighted by molar-refractivity contribution is 0.415. The Hall–Kier alpha value is -2.32. The second kappa shape index (κ2) is 6.05. The second-order valence-corrected chi connectivity index (χ2v) is 7.64. The average molecular weight is 350 g/mol. The highest BCUT2D eigenvalue weighted by atomic mass is 32.2. The van der Waals surface area contributed by atoms with Crippen molar-refractivity contribution < 1.29 is 17.7 Å². The van der Waals surface area contributed by atoms with Crippen LogP contribution in [-0.2, 0) is 10.0 Å². The quantitative estimate of drug-likeness (QED) is 0.761. The second-order valence-electron chi connectivity index (χ2n) is 4.82. The summed E-state index contributed by atoms with van der Waals surface area (Å²) in [5.41, 5.74) is 1.90. The highest BCUT2D eigenvalue weighted by molar-refractivity contribution is 7.94. The molecule has 8 heteroatoms. The van der Waals surface area contributed by atoms with Crippen LogP contribution in [0.5, 0.6) is 5.75 Å². The van der Waals surface area contributed by atoms with Crippen molar-refractivity contribution in [1.82, 2.24) is 5.16 Å². The van der Waals surface area contributed by atoms with E-state index in [2.05, 4.69) is 9.88 Å². The summed E-state index contributed by atoms with van der Waals surface area (Å²) in [5, 5.41) is 5.53. The smallest absolute Gasteiger partial charge is 0.271 e. The minimum Gasteiger partial charge on any atom is -0.497 e. The van der Waals surface area contributed by atoms with Crippen molar-refractivity contribution in [3.63, 3.8) is 0 Å². The van der Waals surface area contributed by atoms with Crippen LogP contribution in [0.1, 0.15) is 5.69 Å². The third-order valence-corrected chi connectivity index (χ3v) is 5.92. The van der Waals surface area contributed by atoms with E-state index < -0.39 is 10.0 Å². The molecule has 2 heterocycles. The molecule has 0 atom stereocenters. The molecule has 3 rings (SSSR count). The third-order valence-electron chi connectivity index (χ3n) is 3.09. The number of methoxy groups -OCH3 is 1. The lowest BCUT2D eigenvalue weighted by atomic mass is 10.2. The van der Waals surface area contributed by atoms with Crippen molar-refractivity contribution in [2.75, 3.05) is 11.8 Å². The zero-order chi connectivity index (χ0) is 16.4. The number of hydrogen-bond acceptors (Lipinski definition) is 6. The number of nitrogens with zero attached hydrogens (tertiary/aromatic N) is 1. The fourth-order valence-corrected chi connectivity index (χ4v) is 4.18. The molecule has 3 aromatic rings. The summed E-state index contributed by atoms with van der Waals surface area (Å²) >= 11 is 1.12. The van der Waals surface area contributed by atoms with Crippen LogP contribution in [0.25, 0.3) is 11.3 Å². The fraction of sp³-hybridized carbons (Fsp3) is 0.133. The SMILES string of the molecule is COc1ccc(NS(=O)(=O)c2cc(-c3cc(C)no3)cs2)cc1. The first-order chi connectivity index (χ1) is 11.0. The first-order valence-corrected chi connectivity index (χ1v) is 9.03. The van der Waals surface area contributed by atoms with Crippen molar-refractivity contribution in [2.45, 2.75) is 11.1 Å². The predicted octanol–water partition coefficient (Wildman–Crippen LogP) is 3.52. The Morgan fingerprint density at radius 3 is 2.57 bits per heavy atom. The average Bonchev–Trinajstić information content (AvgIpc) is 3.16. The van der Waals surface area contributed by atoms with Gasteiger partial charge in [0.25, 0.3) is 10.0 Å². The van der Waals surface area contributed by atoms with E-state index in [-0.39, 0.29) is 4.21 Å². The van der Waals surface area contributed by atoms with E-state index in [1.54, 1.807) is 48.9 Å². The van der Waals surface area contributed by atoms with Gasteiger partial charge in [0, 0.05) is 22.7 Å². The van der Waals surface area contributed by atoms with E-state index in [9.17, 15) is 8.42 Å². The van der Waals surface area contributed by atoms with Crippen LogP contribution in [0.4, 0.5) is 5.69 Å². The Morgan fingerprint density at radius 2 is 1.96 bits per heavy atom. The fourth-order valence-electron chi connectivity index (χ4n) is 1.95. The normalized spacial score (nSPS) is 11.4. The molecule has 0 unspecified atom stereocenters. The van der Waals surface area contributed by atoms with Gasteiger partial charge >= 0.3 is 0 Å². The number of rotatable bonds is 5. The van der Waals surface area contributed by atoms with Crippen LogP contribution in [0.2, 0.25) is 0 Å². The molecule has 0 spiro atoms. The maximum atomic E-state index is 12.4. The van der Waals surface area contributed by atoms with Crippen molar-refractivity contribution in [2.24, 2.45) is 0 Å². The van der Waals surface area contributed by atoms with Gasteiger partial charge in [-0.2, -0.15) is 0 Å². The van der Waals surface area contributed by atoms with Crippen molar-refractivity contribution in [3.05, 3.63) is 47.5 Å². The Bertz CT molecular complexity index is 911. The lowest BCUT2D eigenvalue weighted by Gasteiger charge is -2.06. The Labute approximate surface area is 137 Å². The molecule has 0 aliphatic heterocycles. The molecule has 1 aromatic carbocycles. The van der Waals surface area contributed by atoms with E-state index in [4.69, 9.17) is 9.26 Å². The highest BCUT2D eigenvalue weighted by Gasteiger charge is 2.18. The van der Waals surface area contributed by atoms with Crippen molar-refractivity contribution in [1.29, 1.82) is 0 Å². The number of benzene rings is 1. The number of anilines is 1. The minimum atomic E-state index is -3.65. The van der Waals surface area contributed by atoms with Gasteiger partial charge in [-0.3, -0.25) is 4.72 Å². The molecular weight excluding hydrogens is 336 g/mol. The summed E-state index contributed by atoms with van der Waals surface area (Å²) in [4.78, 5) is 0. The Kier molecular flexibility index (Phi) is 4.10. The number of aryl methyl sites for hydroxylation is 1. The van der Waals surface area contributed by atoms with Crippen LogP contribution < -0.4 is 9.46 Å². The van der Waals surface area contributed by atoms with E-state index in [0.29, 0.717) is 22.8 Å². The van der Waals surface area contributed by atoms with Crippen LogP contribution in [0.3, 0.4) is 0 Å². The summed E-state index contributed by atoms with van der Waals surface area (Å²) in [6, 6.07) is 9.99. The molecule has 23 heavy (non-hydrogen) atoms. The first kappa shape index (κ1) is 15.6. The Balaban J connectivity index is 1.83. The van der Waals surface area contributed by atoms with Crippen LogP contribution in [0.15, 0.2) is 50.5 Å². The van der Waals surface area contributed by atoms with Gasteiger partial charge < -0.3 is 9.26 Å². The molecule has 6 nitrogen and oxygen atoms in total. The van der Waals surface area contributed by atoms with Gasteiger partial charge in [-0.1, -0.05) is 5.16 Å². The maximum Gasteiger partial charge on any atom is 0.271 e.